The van der Waals surface area contributed by atoms with Crippen molar-refractivity contribution in [3.63, 3.8) is 0 Å². The zero-order chi connectivity index (χ0) is 16.4. The molecule has 0 spiro atoms. The molecule has 23 heavy (non-hydrogen) atoms. The summed E-state index contributed by atoms with van der Waals surface area (Å²) in [6.45, 7) is 0.126. The number of nitrogens with one attached hydrogen (secondary N) is 1. The minimum Gasteiger partial charge on any atom is -0.339 e. The molecule has 0 unspecified atom stereocenters. The van der Waals surface area contributed by atoms with E-state index in [2.05, 4.69) is 9.71 Å². The van der Waals surface area contributed by atoms with Gasteiger partial charge in [-0.2, -0.15) is 0 Å². The Morgan fingerprint density at radius 2 is 2.13 bits per heavy atom. The number of rotatable bonds is 6. The topological polar surface area (TPSA) is 81.1 Å². The Morgan fingerprint density at radius 3 is 2.78 bits per heavy atom. The third kappa shape index (κ3) is 3.58. The summed E-state index contributed by atoms with van der Waals surface area (Å²) in [5.41, 5.74) is 0. The van der Waals surface area contributed by atoms with Crippen LogP contribution in [0.4, 0.5) is 0 Å². The van der Waals surface area contributed by atoms with Crippen molar-refractivity contribution in [3.05, 3.63) is 56.8 Å². The summed E-state index contributed by atoms with van der Waals surface area (Å²) >= 11 is 2.67. The second-order valence-electron chi connectivity index (χ2n) is 4.77. The average Bonchev–Trinajstić information content (AvgIpc) is 3.25. The minimum atomic E-state index is -3.65. The molecule has 120 valence electrons. The molecule has 3 aromatic rings. The summed E-state index contributed by atoms with van der Waals surface area (Å²) in [6.07, 6.45) is 2.86. The van der Waals surface area contributed by atoms with Gasteiger partial charge in [-0.3, -0.25) is 4.79 Å². The van der Waals surface area contributed by atoms with Crippen LogP contribution >= 0.6 is 22.7 Å². The molecule has 3 aromatic heterocycles. The first-order valence-electron chi connectivity index (χ1n) is 6.60. The smallest absolute Gasteiger partial charge is 0.259 e. The maximum atomic E-state index is 12.2. The molecule has 0 aromatic carbocycles. The number of sulfonamides is 1. The number of nitrogens with zero attached hydrogens (tertiary/aromatic N) is 2. The number of thiophene rings is 2. The average molecular weight is 367 g/mol. The van der Waals surface area contributed by atoms with Crippen LogP contribution in [0.5, 0.6) is 0 Å². The van der Waals surface area contributed by atoms with E-state index in [0.29, 0.717) is 9.75 Å². The summed E-state index contributed by atoms with van der Waals surface area (Å²) in [5, 5.41) is 1.83. The monoisotopic (exact) mass is 367 g/mol. The second kappa shape index (κ2) is 6.36. The van der Waals surface area contributed by atoms with Crippen LogP contribution in [0.25, 0.3) is 0 Å². The van der Waals surface area contributed by atoms with Crippen LogP contribution in [-0.4, -0.2) is 23.8 Å². The van der Waals surface area contributed by atoms with Gasteiger partial charge in [0.25, 0.3) is 10.0 Å². The molecular weight excluding hydrogens is 354 g/mol. The van der Waals surface area contributed by atoms with E-state index < -0.39 is 10.0 Å². The minimum absolute atomic E-state index is 0.0218. The van der Waals surface area contributed by atoms with E-state index in [1.54, 1.807) is 29.8 Å². The lowest BCUT2D eigenvalue weighted by molar-refractivity contribution is 0.104. The molecular formula is C14H13N3O3S3. The van der Waals surface area contributed by atoms with Gasteiger partial charge >= 0.3 is 0 Å². The third-order valence-corrected chi connectivity index (χ3v) is 6.26. The van der Waals surface area contributed by atoms with Crippen molar-refractivity contribution >= 4 is 38.5 Å². The fourth-order valence-corrected chi connectivity index (χ4v) is 4.61. The van der Waals surface area contributed by atoms with Crippen LogP contribution in [0.15, 0.2) is 47.2 Å². The van der Waals surface area contributed by atoms with E-state index >= 15 is 0 Å². The van der Waals surface area contributed by atoms with Gasteiger partial charge < -0.3 is 4.57 Å². The molecule has 0 aliphatic heterocycles. The molecule has 0 saturated carbocycles. The van der Waals surface area contributed by atoms with E-state index in [0.717, 1.165) is 4.88 Å². The maximum absolute atomic E-state index is 12.2. The van der Waals surface area contributed by atoms with E-state index in [9.17, 15) is 13.2 Å². The van der Waals surface area contributed by atoms with Crippen LogP contribution in [0.3, 0.4) is 0 Å². The van der Waals surface area contributed by atoms with Gasteiger partial charge in [-0.1, -0.05) is 6.07 Å². The van der Waals surface area contributed by atoms with Crippen molar-refractivity contribution in [1.82, 2.24) is 14.3 Å². The highest BCUT2D eigenvalue weighted by molar-refractivity contribution is 7.89. The largest absolute Gasteiger partial charge is 0.339 e. The molecule has 9 heteroatoms. The Kier molecular flexibility index (Phi) is 4.44. The van der Waals surface area contributed by atoms with Crippen molar-refractivity contribution in [2.75, 3.05) is 0 Å². The van der Waals surface area contributed by atoms with Crippen LogP contribution < -0.4 is 4.72 Å². The summed E-state index contributed by atoms with van der Waals surface area (Å²) < 4.78 is 28.3. The van der Waals surface area contributed by atoms with Crippen LogP contribution in [0.1, 0.15) is 19.4 Å². The molecule has 3 rings (SSSR count). The molecule has 0 aliphatic rings. The van der Waals surface area contributed by atoms with Gasteiger partial charge in [0.1, 0.15) is 0 Å². The Morgan fingerprint density at radius 1 is 1.30 bits per heavy atom. The van der Waals surface area contributed by atoms with Crippen molar-refractivity contribution < 1.29 is 13.2 Å². The summed E-state index contributed by atoms with van der Waals surface area (Å²) in [7, 11) is -1.95. The molecule has 1 N–H and O–H groups in total. The number of ketones is 1. The number of carbonyl (C=O) groups excluding carboxylic acids is 1. The first kappa shape index (κ1) is 16.1. The predicted molar refractivity (Wildman–Crippen MR) is 89.3 cm³/mol. The number of carbonyl (C=O) groups is 1. The number of aromatic nitrogens is 2. The van der Waals surface area contributed by atoms with E-state index in [4.69, 9.17) is 0 Å². The van der Waals surface area contributed by atoms with Crippen molar-refractivity contribution in [3.8, 4) is 0 Å². The highest BCUT2D eigenvalue weighted by atomic mass is 32.2. The maximum Gasteiger partial charge on any atom is 0.259 e. The molecule has 0 radical (unpaired) electrons. The summed E-state index contributed by atoms with van der Waals surface area (Å²) in [4.78, 5) is 18.1. The van der Waals surface area contributed by atoms with E-state index in [1.807, 2.05) is 11.4 Å². The van der Waals surface area contributed by atoms with Gasteiger partial charge in [0, 0.05) is 24.7 Å². The van der Waals surface area contributed by atoms with Crippen molar-refractivity contribution in [2.45, 2.75) is 11.6 Å². The highest BCUT2D eigenvalue weighted by Crippen LogP contribution is 2.22. The van der Waals surface area contributed by atoms with E-state index in [1.165, 1.54) is 35.2 Å². The second-order valence-corrected chi connectivity index (χ2v) is 8.60. The number of hydrogen-bond donors (Lipinski definition) is 1. The van der Waals surface area contributed by atoms with Crippen LogP contribution in [0, 0.1) is 0 Å². The van der Waals surface area contributed by atoms with E-state index in [-0.39, 0.29) is 17.4 Å². The van der Waals surface area contributed by atoms with Crippen LogP contribution in [-0.2, 0) is 23.6 Å². The summed E-state index contributed by atoms with van der Waals surface area (Å²) in [6, 6.07) is 7.08. The summed E-state index contributed by atoms with van der Waals surface area (Å²) in [5.74, 6) is -0.0381. The quantitative estimate of drug-likeness (QED) is 0.678. The lowest BCUT2D eigenvalue weighted by atomic mass is 10.3. The Labute approximate surface area is 141 Å². The molecule has 0 atom stereocenters. The Hall–Kier alpha value is -1.81. The van der Waals surface area contributed by atoms with Gasteiger partial charge in [-0.15, -0.1) is 22.7 Å². The van der Waals surface area contributed by atoms with Gasteiger partial charge in [-0.05, 0) is 23.6 Å². The zero-order valence-electron chi connectivity index (χ0n) is 12.1. The van der Waals surface area contributed by atoms with Crippen LogP contribution in [0.2, 0.25) is 0 Å². The standard InChI is InChI=1S/C14H13N3O3S3/c1-17-8-13(15-9-17)23(19,20)16-7-10-4-5-12(22-10)14(18)11-3-2-6-21-11/h2-6,8-9,16H,7H2,1H3. The van der Waals surface area contributed by atoms with Gasteiger partial charge in [0.15, 0.2) is 5.03 Å². The molecule has 6 nitrogen and oxygen atoms in total. The molecule has 0 bridgehead atoms. The fraction of sp³-hybridized carbons (Fsp3) is 0.143. The molecule has 0 amide bonds. The van der Waals surface area contributed by atoms with Crippen molar-refractivity contribution in [2.24, 2.45) is 7.05 Å². The lowest BCUT2D eigenvalue weighted by Gasteiger charge is -2.02. The first-order valence-corrected chi connectivity index (χ1v) is 9.78. The van der Waals surface area contributed by atoms with Gasteiger partial charge in [0.2, 0.25) is 5.78 Å². The molecule has 0 saturated heterocycles. The molecule has 3 heterocycles. The third-order valence-electron chi connectivity index (χ3n) is 3.02. The van der Waals surface area contributed by atoms with Gasteiger partial charge in [-0.25, -0.2) is 18.1 Å². The number of imidazole rings is 1. The zero-order valence-corrected chi connectivity index (χ0v) is 14.5. The number of hydrogen-bond acceptors (Lipinski definition) is 6. The normalized spacial score (nSPS) is 11.7. The number of aryl methyl sites for hydroxylation is 1. The lowest BCUT2D eigenvalue weighted by Crippen LogP contribution is -2.23. The van der Waals surface area contributed by atoms with Gasteiger partial charge in [0.05, 0.1) is 16.1 Å². The Bertz CT molecular complexity index is 924. The first-order chi connectivity index (χ1) is 11.0. The van der Waals surface area contributed by atoms with Crippen molar-refractivity contribution in [1.29, 1.82) is 0 Å². The molecule has 0 fully saturated rings. The predicted octanol–water partition coefficient (Wildman–Crippen LogP) is 2.25. The SMILES string of the molecule is Cn1cnc(S(=O)(=O)NCc2ccc(C(=O)c3cccs3)s2)c1. The molecule has 0 aliphatic carbocycles. The fourth-order valence-electron chi connectivity index (χ4n) is 1.89. The Balaban J connectivity index is 1.69. The highest BCUT2D eigenvalue weighted by Gasteiger charge is 2.18.